The van der Waals surface area contributed by atoms with E-state index in [1.54, 1.807) is 0 Å². The molecule has 0 heterocycles. The van der Waals surface area contributed by atoms with E-state index in [4.69, 9.17) is 5.26 Å². The quantitative estimate of drug-likeness (QED) is 0.329. The van der Waals surface area contributed by atoms with Crippen molar-refractivity contribution in [1.29, 1.82) is 5.26 Å². The fourth-order valence-electron chi connectivity index (χ4n) is 0.626. The van der Waals surface area contributed by atoms with Gasteiger partial charge < -0.3 is 4.79 Å². The molecule has 0 rings (SSSR count). The summed E-state index contributed by atoms with van der Waals surface area (Å²) in [7, 11) is 0. The normalized spacial score (nSPS) is 9.50. The number of nitrogens with zero attached hydrogens (tertiary/aromatic N) is 1. The molecule has 2 nitrogen and oxygen atoms in total. The topological polar surface area (TPSA) is 40.9 Å². The second-order valence-electron chi connectivity index (χ2n) is 1.98. The van der Waals surface area contributed by atoms with Gasteiger partial charge in [0, 0.05) is 12.5 Å². The first kappa shape index (κ1) is 8.90. The predicted octanol–water partition coefficient (Wildman–Crippen LogP) is 1.83. The van der Waals surface area contributed by atoms with E-state index in [2.05, 4.69) is 0 Å². The van der Waals surface area contributed by atoms with Crippen molar-refractivity contribution in [3.63, 3.8) is 0 Å². The zero-order valence-electron chi connectivity index (χ0n) is 5.92. The lowest BCUT2D eigenvalue weighted by atomic mass is 10.2. The van der Waals surface area contributed by atoms with E-state index < -0.39 is 0 Å². The van der Waals surface area contributed by atoms with Crippen LogP contribution in [0.15, 0.2) is 12.2 Å². The van der Waals surface area contributed by atoms with Crippen molar-refractivity contribution in [3.8, 4) is 6.07 Å². The lowest BCUT2D eigenvalue weighted by molar-refractivity contribution is -0.107. The van der Waals surface area contributed by atoms with Gasteiger partial charge in [0.15, 0.2) is 0 Å². The van der Waals surface area contributed by atoms with Crippen LogP contribution in [0.2, 0.25) is 0 Å². The van der Waals surface area contributed by atoms with Gasteiger partial charge in [0.2, 0.25) is 0 Å². The van der Waals surface area contributed by atoms with Gasteiger partial charge in [-0.1, -0.05) is 6.08 Å². The number of hydrogen-bond donors (Lipinski definition) is 0. The minimum absolute atomic E-state index is 0.639. The van der Waals surface area contributed by atoms with Gasteiger partial charge in [0.1, 0.15) is 6.29 Å². The third-order valence-electron chi connectivity index (χ3n) is 1.14. The molecule has 10 heavy (non-hydrogen) atoms. The molecule has 0 aliphatic rings. The van der Waals surface area contributed by atoms with Gasteiger partial charge >= 0.3 is 0 Å². The Hall–Kier alpha value is -1.10. The third kappa shape index (κ3) is 6.90. The summed E-state index contributed by atoms with van der Waals surface area (Å²) in [4.78, 5) is 9.82. The number of nitriles is 1. The Balaban J connectivity index is 2.99. The van der Waals surface area contributed by atoms with Crippen LogP contribution in [0, 0.1) is 11.3 Å². The van der Waals surface area contributed by atoms with Gasteiger partial charge in [0.05, 0.1) is 6.07 Å². The molecule has 2 heteroatoms. The molecule has 0 atom stereocenters. The van der Waals surface area contributed by atoms with Crippen LogP contribution in [0.4, 0.5) is 0 Å². The zero-order chi connectivity index (χ0) is 7.66. The highest BCUT2D eigenvalue weighted by atomic mass is 16.1. The van der Waals surface area contributed by atoms with Crippen LogP contribution in [-0.2, 0) is 4.79 Å². The van der Waals surface area contributed by atoms with Crippen LogP contribution >= 0.6 is 0 Å². The molecule has 0 fully saturated rings. The van der Waals surface area contributed by atoms with Crippen molar-refractivity contribution in [2.75, 3.05) is 0 Å². The molecule has 0 unspecified atom stereocenters. The Morgan fingerprint density at radius 2 is 2.00 bits per heavy atom. The summed E-state index contributed by atoms with van der Waals surface area (Å²) in [6.45, 7) is 0. The molecule has 0 aliphatic carbocycles. The summed E-state index contributed by atoms with van der Waals surface area (Å²) in [6, 6.07) is 1.91. The van der Waals surface area contributed by atoms with E-state index in [1.807, 2.05) is 12.1 Å². The molecule has 0 aliphatic heterocycles. The Morgan fingerprint density at radius 3 is 2.60 bits per heavy atom. The number of aldehydes is 1. The molecule has 0 aromatic rings. The number of unbranched alkanes of at least 4 members (excludes halogenated alkanes) is 3. The fourth-order valence-corrected chi connectivity index (χ4v) is 0.626. The fraction of sp³-hybridized carbons (Fsp3) is 0.500. The van der Waals surface area contributed by atoms with E-state index in [-0.39, 0.29) is 0 Å². The Morgan fingerprint density at radius 1 is 1.30 bits per heavy atom. The second-order valence-corrected chi connectivity index (χ2v) is 1.98. The van der Waals surface area contributed by atoms with Crippen LogP contribution in [0.3, 0.4) is 0 Å². The summed E-state index contributed by atoms with van der Waals surface area (Å²) in [5.74, 6) is 0. The van der Waals surface area contributed by atoms with Gasteiger partial charge in [-0.05, 0) is 19.3 Å². The highest BCUT2D eigenvalue weighted by Gasteiger charge is 1.82. The Kier molecular flexibility index (Phi) is 7.03. The summed E-state index contributed by atoms with van der Waals surface area (Å²) in [6.07, 6.45) is 7.69. The molecule has 0 N–H and O–H groups in total. The van der Waals surface area contributed by atoms with Crippen LogP contribution < -0.4 is 0 Å². The molecule has 0 radical (unpaired) electrons. The molecular formula is C8H11NO. The number of rotatable bonds is 5. The van der Waals surface area contributed by atoms with Gasteiger partial charge in [-0.2, -0.15) is 5.26 Å². The molecule has 0 amide bonds. The van der Waals surface area contributed by atoms with E-state index in [9.17, 15) is 4.79 Å². The third-order valence-corrected chi connectivity index (χ3v) is 1.14. The van der Waals surface area contributed by atoms with Gasteiger partial charge in [0.25, 0.3) is 0 Å². The summed E-state index contributed by atoms with van der Waals surface area (Å²) in [5.41, 5.74) is 0. The summed E-state index contributed by atoms with van der Waals surface area (Å²) >= 11 is 0. The number of carbonyl (C=O) groups excluding carboxylic acids is 1. The van der Waals surface area contributed by atoms with Gasteiger partial charge in [-0.15, -0.1) is 0 Å². The molecule has 54 valence electrons. The first-order valence-electron chi connectivity index (χ1n) is 3.40. The van der Waals surface area contributed by atoms with Crippen LogP contribution in [0.1, 0.15) is 25.7 Å². The zero-order valence-corrected chi connectivity index (χ0v) is 5.92. The molecular weight excluding hydrogens is 126 g/mol. The van der Waals surface area contributed by atoms with Crippen molar-refractivity contribution < 1.29 is 4.79 Å². The number of allylic oxidation sites excluding steroid dienone is 2. The van der Waals surface area contributed by atoms with Crippen molar-refractivity contribution in [2.45, 2.75) is 25.7 Å². The maximum Gasteiger partial charge on any atom is 0.119 e. The molecule has 0 aromatic carbocycles. The average molecular weight is 137 g/mol. The first-order valence-corrected chi connectivity index (χ1v) is 3.40. The largest absolute Gasteiger partial charge is 0.303 e. The van der Waals surface area contributed by atoms with E-state index in [1.165, 1.54) is 6.08 Å². The Labute approximate surface area is 61.2 Å². The van der Waals surface area contributed by atoms with Crippen LogP contribution in [0.5, 0.6) is 0 Å². The van der Waals surface area contributed by atoms with Crippen LogP contribution in [0.25, 0.3) is 0 Å². The predicted molar refractivity (Wildman–Crippen MR) is 39.3 cm³/mol. The maximum absolute atomic E-state index is 9.82. The standard InChI is InChI=1S/C8H11NO/c9-7-5-3-1-2-4-6-8-10/h3,5,8H,1-2,4,6H2/b5-3+. The first-order chi connectivity index (χ1) is 4.91. The molecule has 0 spiro atoms. The number of hydrogen-bond acceptors (Lipinski definition) is 2. The van der Waals surface area contributed by atoms with Crippen molar-refractivity contribution >= 4 is 6.29 Å². The lowest BCUT2D eigenvalue weighted by Crippen LogP contribution is -1.75. The molecule has 0 saturated heterocycles. The summed E-state index contributed by atoms with van der Waals surface area (Å²) < 4.78 is 0. The highest BCUT2D eigenvalue weighted by Crippen LogP contribution is 1.97. The van der Waals surface area contributed by atoms with Crippen LogP contribution in [-0.4, -0.2) is 6.29 Å². The molecule has 0 bridgehead atoms. The van der Waals surface area contributed by atoms with Crippen molar-refractivity contribution in [2.24, 2.45) is 0 Å². The molecule has 0 saturated carbocycles. The SMILES string of the molecule is N#C/C=C/CCCCC=O. The lowest BCUT2D eigenvalue weighted by Gasteiger charge is -1.88. The maximum atomic E-state index is 9.82. The minimum atomic E-state index is 0.639. The molecule has 0 aromatic heterocycles. The second kappa shape index (κ2) is 7.90. The van der Waals surface area contributed by atoms with E-state index in [0.29, 0.717) is 6.42 Å². The summed E-state index contributed by atoms with van der Waals surface area (Å²) in [5, 5.41) is 8.08. The van der Waals surface area contributed by atoms with Crippen molar-refractivity contribution in [3.05, 3.63) is 12.2 Å². The van der Waals surface area contributed by atoms with E-state index >= 15 is 0 Å². The van der Waals surface area contributed by atoms with Crippen molar-refractivity contribution in [1.82, 2.24) is 0 Å². The number of carbonyl (C=O) groups is 1. The van der Waals surface area contributed by atoms with E-state index in [0.717, 1.165) is 25.5 Å². The van der Waals surface area contributed by atoms with Gasteiger partial charge in [-0.25, -0.2) is 0 Å². The van der Waals surface area contributed by atoms with Gasteiger partial charge in [-0.3, -0.25) is 0 Å². The Bertz CT molecular complexity index is 144. The average Bonchev–Trinajstić information content (AvgIpc) is 1.97. The minimum Gasteiger partial charge on any atom is -0.303 e. The monoisotopic (exact) mass is 137 g/mol. The smallest absolute Gasteiger partial charge is 0.119 e. The highest BCUT2D eigenvalue weighted by molar-refractivity contribution is 5.48.